The summed E-state index contributed by atoms with van der Waals surface area (Å²) in [6, 6.07) is 0.814. The third-order valence-corrected chi connectivity index (χ3v) is 3.16. The zero-order valence-electron chi connectivity index (χ0n) is 7.85. The fourth-order valence-corrected chi connectivity index (χ4v) is 2.59. The van der Waals surface area contributed by atoms with E-state index in [4.69, 9.17) is 28.9 Å². The topological polar surface area (TPSA) is 35.2 Å². The van der Waals surface area contributed by atoms with Crippen LogP contribution in [-0.2, 0) is 4.74 Å². The molecule has 0 amide bonds. The summed E-state index contributed by atoms with van der Waals surface area (Å²) in [7, 11) is 0. The van der Waals surface area contributed by atoms with Gasteiger partial charge in [0.2, 0.25) is 0 Å². The molecule has 0 spiro atoms. The van der Waals surface area contributed by atoms with Crippen LogP contribution >= 0.6 is 34.5 Å². The van der Waals surface area contributed by atoms with Crippen molar-refractivity contribution in [2.24, 2.45) is 5.73 Å². The van der Waals surface area contributed by atoms with Crippen LogP contribution in [-0.4, -0.2) is 19.4 Å². The van der Waals surface area contributed by atoms with Crippen LogP contribution in [0.4, 0.5) is 13.2 Å². The molecule has 0 fully saturated rings. The molecule has 2 nitrogen and oxygen atoms in total. The second-order valence-corrected chi connectivity index (χ2v) is 5.30. The number of ether oxygens (including phenoxy) is 1. The summed E-state index contributed by atoms with van der Waals surface area (Å²) in [4.78, 5) is 0. The highest BCUT2D eigenvalue weighted by molar-refractivity contribution is 7.20. The van der Waals surface area contributed by atoms with E-state index in [2.05, 4.69) is 4.74 Å². The Balaban J connectivity index is 2.47. The molecule has 1 aromatic heterocycles. The molecule has 0 aliphatic heterocycles. The van der Waals surface area contributed by atoms with Crippen LogP contribution in [0.1, 0.15) is 11.6 Å². The van der Waals surface area contributed by atoms with Gasteiger partial charge in [-0.25, -0.2) is 0 Å². The number of thiophene rings is 1. The molecule has 0 aliphatic carbocycles. The zero-order valence-corrected chi connectivity index (χ0v) is 10.2. The highest BCUT2D eigenvalue weighted by atomic mass is 35.5. The van der Waals surface area contributed by atoms with Crippen molar-refractivity contribution in [2.45, 2.75) is 12.2 Å². The molecule has 0 aliphatic rings. The molecular formula is C8H8Cl2F3NOS. The van der Waals surface area contributed by atoms with Crippen molar-refractivity contribution in [2.75, 3.05) is 13.2 Å². The predicted molar refractivity (Wildman–Crippen MR) is 58.1 cm³/mol. The number of alkyl halides is 3. The molecule has 0 aromatic carbocycles. The van der Waals surface area contributed by atoms with E-state index in [-0.39, 0.29) is 6.61 Å². The van der Waals surface area contributed by atoms with Crippen LogP contribution in [0.2, 0.25) is 8.67 Å². The van der Waals surface area contributed by atoms with E-state index >= 15 is 0 Å². The van der Waals surface area contributed by atoms with Crippen molar-refractivity contribution in [3.63, 3.8) is 0 Å². The molecular weight excluding hydrogens is 286 g/mol. The molecule has 1 heterocycles. The van der Waals surface area contributed by atoms with Gasteiger partial charge >= 0.3 is 6.18 Å². The Bertz CT molecular complexity index is 356. The van der Waals surface area contributed by atoms with Gasteiger partial charge < -0.3 is 10.5 Å². The van der Waals surface area contributed by atoms with Crippen LogP contribution in [0.25, 0.3) is 0 Å². The van der Waals surface area contributed by atoms with Crippen molar-refractivity contribution >= 4 is 34.5 Å². The molecule has 1 rings (SSSR count). The molecule has 92 valence electrons. The fraction of sp³-hybridized carbons (Fsp3) is 0.500. The first-order chi connectivity index (χ1) is 7.29. The smallest absolute Gasteiger partial charge is 0.370 e. The van der Waals surface area contributed by atoms with Gasteiger partial charge in [0, 0.05) is 5.56 Å². The maximum Gasteiger partial charge on any atom is 0.411 e. The van der Waals surface area contributed by atoms with Crippen molar-refractivity contribution in [1.29, 1.82) is 0 Å². The van der Waals surface area contributed by atoms with E-state index in [1.54, 1.807) is 0 Å². The minimum atomic E-state index is -4.35. The van der Waals surface area contributed by atoms with Crippen molar-refractivity contribution in [3.8, 4) is 0 Å². The average Bonchev–Trinajstić information content (AvgIpc) is 2.43. The van der Waals surface area contributed by atoms with Crippen LogP contribution in [0.15, 0.2) is 6.07 Å². The Labute approximate surface area is 104 Å². The van der Waals surface area contributed by atoms with Gasteiger partial charge in [-0.2, -0.15) is 13.2 Å². The average molecular weight is 294 g/mol. The van der Waals surface area contributed by atoms with E-state index in [0.29, 0.717) is 14.2 Å². The number of nitrogens with two attached hydrogens (primary N) is 1. The summed E-state index contributed by atoms with van der Waals surface area (Å²) in [5.41, 5.74) is 6.11. The maximum atomic E-state index is 11.8. The number of hydrogen-bond acceptors (Lipinski definition) is 3. The zero-order chi connectivity index (χ0) is 12.3. The van der Waals surface area contributed by atoms with Gasteiger partial charge in [0.1, 0.15) is 6.61 Å². The third-order valence-electron chi connectivity index (χ3n) is 1.65. The molecule has 1 atom stereocenters. The molecule has 0 saturated carbocycles. The standard InChI is InChI=1S/C8H8Cl2F3NOS/c9-6-1-4(7(10)16-6)5(14)2-15-3-8(11,12)13/h1,5H,2-3,14H2. The quantitative estimate of drug-likeness (QED) is 0.920. The van der Waals surface area contributed by atoms with Crippen molar-refractivity contribution in [3.05, 3.63) is 20.3 Å². The van der Waals surface area contributed by atoms with E-state index < -0.39 is 18.8 Å². The Hall–Kier alpha value is -0.0100. The first-order valence-electron chi connectivity index (χ1n) is 4.14. The largest absolute Gasteiger partial charge is 0.411 e. The molecule has 0 saturated heterocycles. The van der Waals surface area contributed by atoms with E-state index in [1.807, 2.05) is 0 Å². The molecule has 1 aromatic rings. The Morgan fingerprint density at radius 2 is 2.06 bits per heavy atom. The summed E-state index contributed by atoms with van der Waals surface area (Å²) in [6.45, 7) is -1.58. The van der Waals surface area contributed by atoms with Crippen LogP contribution in [0.5, 0.6) is 0 Å². The summed E-state index contributed by atoms with van der Waals surface area (Å²) >= 11 is 12.6. The highest BCUT2D eigenvalue weighted by Gasteiger charge is 2.28. The molecule has 2 N–H and O–H groups in total. The summed E-state index contributed by atoms with van der Waals surface area (Å²) < 4.78 is 40.6. The second kappa shape index (κ2) is 5.55. The fourth-order valence-electron chi connectivity index (χ4n) is 0.997. The SMILES string of the molecule is NC(COCC(F)(F)F)c1cc(Cl)sc1Cl. The third kappa shape index (κ3) is 4.47. The first kappa shape index (κ1) is 14.1. The van der Waals surface area contributed by atoms with Gasteiger partial charge in [-0.1, -0.05) is 23.2 Å². The van der Waals surface area contributed by atoms with Crippen LogP contribution in [0.3, 0.4) is 0 Å². The Morgan fingerprint density at radius 3 is 2.50 bits per heavy atom. The highest BCUT2D eigenvalue weighted by Crippen LogP contribution is 2.34. The van der Waals surface area contributed by atoms with Gasteiger partial charge in [-0.05, 0) is 6.07 Å². The first-order valence-corrected chi connectivity index (χ1v) is 5.71. The molecule has 0 radical (unpaired) electrons. The predicted octanol–water partition coefficient (Wildman–Crippen LogP) is 3.63. The van der Waals surface area contributed by atoms with Gasteiger partial charge in [0.05, 0.1) is 21.3 Å². The van der Waals surface area contributed by atoms with Crippen molar-refractivity contribution < 1.29 is 17.9 Å². The minimum Gasteiger partial charge on any atom is -0.370 e. The lowest BCUT2D eigenvalue weighted by Gasteiger charge is -2.12. The number of hydrogen-bond donors (Lipinski definition) is 1. The lowest BCUT2D eigenvalue weighted by molar-refractivity contribution is -0.174. The van der Waals surface area contributed by atoms with Gasteiger partial charge in [-0.3, -0.25) is 0 Å². The van der Waals surface area contributed by atoms with Gasteiger partial charge in [0.25, 0.3) is 0 Å². The van der Waals surface area contributed by atoms with Crippen LogP contribution in [0, 0.1) is 0 Å². The van der Waals surface area contributed by atoms with Gasteiger partial charge in [-0.15, -0.1) is 11.3 Å². The van der Waals surface area contributed by atoms with E-state index in [9.17, 15) is 13.2 Å². The van der Waals surface area contributed by atoms with Crippen LogP contribution < -0.4 is 5.73 Å². The number of rotatable bonds is 4. The van der Waals surface area contributed by atoms with Gasteiger partial charge in [0.15, 0.2) is 0 Å². The number of halogens is 5. The summed E-state index contributed by atoms with van der Waals surface area (Å²) in [6.07, 6.45) is -4.35. The molecule has 16 heavy (non-hydrogen) atoms. The van der Waals surface area contributed by atoms with E-state index in [0.717, 1.165) is 11.3 Å². The lowest BCUT2D eigenvalue weighted by Crippen LogP contribution is -2.23. The summed E-state index contributed by atoms with van der Waals surface area (Å²) in [5.74, 6) is 0. The summed E-state index contributed by atoms with van der Waals surface area (Å²) in [5, 5.41) is 0. The van der Waals surface area contributed by atoms with Crippen molar-refractivity contribution in [1.82, 2.24) is 0 Å². The minimum absolute atomic E-state index is 0.258. The molecule has 8 heteroatoms. The van der Waals surface area contributed by atoms with E-state index in [1.165, 1.54) is 6.07 Å². The molecule has 1 unspecified atom stereocenters. The molecule has 0 bridgehead atoms. The second-order valence-electron chi connectivity index (χ2n) is 3.02. The normalized spacial score (nSPS) is 14.1. The maximum absolute atomic E-state index is 11.8. The Kier molecular flexibility index (Phi) is 4.88. The monoisotopic (exact) mass is 293 g/mol. The Morgan fingerprint density at radius 1 is 1.44 bits per heavy atom. The lowest BCUT2D eigenvalue weighted by atomic mass is 10.2.